The summed E-state index contributed by atoms with van der Waals surface area (Å²) in [6.07, 6.45) is 2.48. The third kappa shape index (κ3) is 6.74. The van der Waals surface area contributed by atoms with Crippen LogP contribution < -0.4 is 18.9 Å². The summed E-state index contributed by atoms with van der Waals surface area (Å²) in [5, 5.41) is 10.3. The third-order valence-corrected chi connectivity index (χ3v) is 7.23. The zero-order valence-electron chi connectivity index (χ0n) is 22.1. The molecule has 0 aliphatic heterocycles. The van der Waals surface area contributed by atoms with Gasteiger partial charge in [0.2, 0.25) is 0 Å². The second-order valence-electron chi connectivity index (χ2n) is 9.11. The number of hydrogen-bond acceptors (Lipinski definition) is 6. The first-order valence-electron chi connectivity index (χ1n) is 11.9. The van der Waals surface area contributed by atoms with E-state index in [1.165, 1.54) is 0 Å². The Labute approximate surface area is 215 Å². The van der Waals surface area contributed by atoms with Gasteiger partial charge in [0.1, 0.15) is 0 Å². The maximum absolute atomic E-state index is 10.3. The molecule has 0 amide bonds. The molecule has 7 heteroatoms. The fraction of sp³-hybridized carbons (Fsp3) is 0.536. The van der Waals surface area contributed by atoms with E-state index in [4.69, 9.17) is 30.5 Å². The van der Waals surface area contributed by atoms with Crippen LogP contribution in [0.25, 0.3) is 0 Å². The zero-order chi connectivity index (χ0) is 26.0. The molecule has 0 aliphatic carbocycles. The SMILES string of the molecule is COc1ccc(CN(C)C(CCl)CCCC(C#N)(c2ccc(OC)c(OC)c2)C(C)C)cc1OC. The van der Waals surface area contributed by atoms with Crippen LogP contribution in [0.15, 0.2) is 36.4 Å². The Hall–Kier alpha value is -2.62. The minimum atomic E-state index is -0.627. The number of halogens is 1. The van der Waals surface area contributed by atoms with E-state index in [-0.39, 0.29) is 12.0 Å². The molecule has 0 bridgehead atoms. The topological polar surface area (TPSA) is 64.0 Å². The highest BCUT2D eigenvalue weighted by Crippen LogP contribution is 2.41. The standard InChI is InChI=1S/C28H39ClN2O4/c1-20(2)28(19-30,22-11-13-25(33-5)27(16-22)35-7)14-8-9-23(17-29)31(3)18-21-10-12-24(32-4)26(15-21)34-6/h10-13,15-16,20,23H,8-9,14,17-18H2,1-7H3. The Balaban J connectivity index is 2.14. The predicted molar refractivity (Wildman–Crippen MR) is 141 cm³/mol. The van der Waals surface area contributed by atoms with Crippen LogP contribution in [0.3, 0.4) is 0 Å². The lowest BCUT2D eigenvalue weighted by Gasteiger charge is -2.33. The van der Waals surface area contributed by atoms with Crippen molar-refractivity contribution in [2.75, 3.05) is 41.4 Å². The smallest absolute Gasteiger partial charge is 0.161 e. The average molecular weight is 503 g/mol. The molecule has 0 aliphatic rings. The fourth-order valence-corrected chi connectivity index (χ4v) is 4.95. The molecule has 0 radical (unpaired) electrons. The molecule has 0 spiro atoms. The Morgan fingerprint density at radius 2 is 1.49 bits per heavy atom. The van der Waals surface area contributed by atoms with Gasteiger partial charge in [-0.25, -0.2) is 0 Å². The summed E-state index contributed by atoms with van der Waals surface area (Å²) in [5.74, 6) is 3.37. The second kappa shape index (κ2) is 13.5. The van der Waals surface area contributed by atoms with Gasteiger partial charge in [0.05, 0.1) is 39.9 Å². The van der Waals surface area contributed by atoms with Gasteiger partial charge in [-0.15, -0.1) is 11.6 Å². The van der Waals surface area contributed by atoms with E-state index in [0.29, 0.717) is 28.9 Å². The molecule has 0 aromatic heterocycles. The number of nitriles is 1. The molecule has 2 unspecified atom stereocenters. The molecule has 192 valence electrons. The number of rotatable bonds is 14. The van der Waals surface area contributed by atoms with Gasteiger partial charge in [-0.05, 0) is 67.6 Å². The summed E-state index contributed by atoms with van der Waals surface area (Å²) in [6, 6.07) is 14.6. The van der Waals surface area contributed by atoms with E-state index in [1.807, 2.05) is 36.4 Å². The van der Waals surface area contributed by atoms with Crippen molar-refractivity contribution < 1.29 is 18.9 Å². The predicted octanol–water partition coefficient (Wildman–Crippen LogP) is 6.05. The highest BCUT2D eigenvalue weighted by Gasteiger charge is 2.36. The fourth-order valence-electron chi connectivity index (χ4n) is 4.56. The molecule has 2 aromatic carbocycles. The number of hydrogen-bond donors (Lipinski definition) is 0. The minimum absolute atomic E-state index is 0.129. The van der Waals surface area contributed by atoms with Crippen LogP contribution in [0.5, 0.6) is 23.0 Å². The molecule has 6 nitrogen and oxygen atoms in total. The molecule has 0 saturated heterocycles. The molecule has 0 heterocycles. The van der Waals surface area contributed by atoms with Crippen LogP contribution in [-0.2, 0) is 12.0 Å². The Morgan fingerprint density at radius 1 is 0.914 bits per heavy atom. The normalized spacial score (nSPS) is 13.7. The van der Waals surface area contributed by atoms with E-state index in [0.717, 1.165) is 36.9 Å². The van der Waals surface area contributed by atoms with Crippen LogP contribution in [0, 0.1) is 17.2 Å². The van der Waals surface area contributed by atoms with Crippen LogP contribution in [0.1, 0.15) is 44.2 Å². The lowest BCUT2D eigenvalue weighted by atomic mass is 9.69. The molecular weight excluding hydrogens is 464 g/mol. The lowest BCUT2D eigenvalue weighted by molar-refractivity contribution is 0.228. The highest BCUT2D eigenvalue weighted by molar-refractivity contribution is 6.18. The number of ether oxygens (including phenoxy) is 4. The van der Waals surface area contributed by atoms with Crippen molar-refractivity contribution in [3.05, 3.63) is 47.5 Å². The first-order valence-corrected chi connectivity index (χ1v) is 12.4. The largest absolute Gasteiger partial charge is 0.493 e. The number of nitrogens with zero attached hydrogens (tertiary/aromatic N) is 2. The van der Waals surface area contributed by atoms with Crippen molar-refractivity contribution in [3.63, 3.8) is 0 Å². The van der Waals surface area contributed by atoms with Crippen molar-refractivity contribution in [1.82, 2.24) is 4.90 Å². The number of methoxy groups -OCH3 is 4. The van der Waals surface area contributed by atoms with Gasteiger partial charge in [-0.2, -0.15) is 5.26 Å². The molecule has 35 heavy (non-hydrogen) atoms. The first-order chi connectivity index (χ1) is 16.8. The summed E-state index contributed by atoms with van der Waals surface area (Å²) in [5.41, 5.74) is 1.45. The molecule has 0 N–H and O–H groups in total. The summed E-state index contributed by atoms with van der Waals surface area (Å²) >= 11 is 6.39. The summed E-state index contributed by atoms with van der Waals surface area (Å²) in [4.78, 5) is 2.26. The first kappa shape index (κ1) is 28.6. The van der Waals surface area contributed by atoms with Gasteiger partial charge in [0.15, 0.2) is 23.0 Å². The van der Waals surface area contributed by atoms with Crippen molar-refractivity contribution >= 4 is 11.6 Å². The molecule has 0 fully saturated rings. The number of alkyl halides is 1. The third-order valence-electron chi connectivity index (χ3n) is 6.87. The van der Waals surface area contributed by atoms with Gasteiger partial charge in [-0.1, -0.05) is 26.0 Å². The van der Waals surface area contributed by atoms with E-state index in [9.17, 15) is 5.26 Å². The molecule has 0 saturated carbocycles. The summed E-state index contributed by atoms with van der Waals surface area (Å²) in [7, 11) is 8.58. The number of benzene rings is 2. The zero-order valence-corrected chi connectivity index (χ0v) is 22.8. The summed E-state index contributed by atoms with van der Waals surface area (Å²) < 4.78 is 21.7. The van der Waals surface area contributed by atoms with Gasteiger partial charge < -0.3 is 18.9 Å². The monoisotopic (exact) mass is 502 g/mol. The Morgan fingerprint density at radius 3 is 2.00 bits per heavy atom. The van der Waals surface area contributed by atoms with Crippen LogP contribution in [-0.4, -0.2) is 52.3 Å². The molecule has 2 atom stereocenters. The quantitative estimate of drug-likeness (QED) is 0.293. The second-order valence-corrected chi connectivity index (χ2v) is 9.42. The molecule has 2 aromatic rings. The van der Waals surface area contributed by atoms with Gasteiger partial charge in [-0.3, -0.25) is 4.90 Å². The van der Waals surface area contributed by atoms with E-state index in [1.54, 1.807) is 28.4 Å². The van der Waals surface area contributed by atoms with E-state index in [2.05, 4.69) is 31.9 Å². The van der Waals surface area contributed by atoms with Crippen LogP contribution in [0.4, 0.5) is 0 Å². The van der Waals surface area contributed by atoms with Gasteiger partial charge in [0.25, 0.3) is 0 Å². The maximum Gasteiger partial charge on any atom is 0.161 e. The van der Waals surface area contributed by atoms with E-state index >= 15 is 0 Å². The molecule has 2 rings (SSSR count). The summed E-state index contributed by atoms with van der Waals surface area (Å²) in [6.45, 7) is 4.94. The highest BCUT2D eigenvalue weighted by atomic mass is 35.5. The van der Waals surface area contributed by atoms with Crippen LogP contribution >= 0.6 is 11.6 Å². The van der Waals surface area contributed by atoms with Crippen molar-refractivity contribution in [2.24, 2.45) is 5.92 Å². The van der Waals surface area contributed by atoms with Crippen molar-refractivity contribution in [1.29, 1.82) is 5.26 Å². The van der Waals surface area contributed by atoms with Crippen molar-refractivity contribution in [2.45, 2.75) is 51.1 Å². The van der Waals surface area contributed by atoms with Gasteiger partial charge >= 0.3 is 0 Å². The van der Waals surface area contributed by atoms with E-state index < -0.39 is 5.41 Å². The van der Waals surface area contributed by atoms with Crippen molar-refractivity contribution in [3.8, 4) is 29.1 Å². The maximum atomic E-state index is 10.3. The Kier molecular flexibility index (Phi) is 11.0. The lowest BCUT2D eigenvalue weighted by Crippen LogP contribution is -2.34. The minimum Gasteiger partial charge on any atom is -0.493 e. The van der Waals surface area contributed by atoms with Crippen LogP contribution in [0.2, 0.25) is 0 Å². The average Bonchev–Trinajstić information content (AvgIpc) is 2.88. The Bertz CT molecular complexity index is 991. The molecular formula is C28H39ClN2O4. The van der Waals surface area contributed by atoms with Gasteiger partial charge in [0, 0.05) is 18.5 Å².